The van der Waals surface area contributed by atoms with Gasteiger partial charge in [0, 0.05) is 0 Å². The van der Waals surface area contributed by atoms with Crippen LogP contribution in [0.3, 0.4) is 0 Å². The van der Waals surface area contributed by atoms with E-state index in [0.717, 1.165) is 10.4 Å². The molecule has 0 saturated carbocycles. The third kappa shape index (κ3) is 3.10. The van der Waals surface area contributed by atoms with Crippen molar-refractivity contribution in [1.29, 1.82) is 0 Å². The van der Waals surface area contributed by atoms with Crippen molar-refractivity contribution in [2.24, 2.45) is 0 Å². The van der Waals surface area contributed by atoms with Crippen LogP contribution in [0.1, 0.15) is 23.6 Å². The van der Waals surface area contributed by atoms with Gasteiger partial charge < -0.3 is 4.52 Å². The highest BCUT2D eigenvalue weighted by Gasteiger charge is 2.28. The molecule has 0 amide bonds. The fourth-order valence-electron chi connectivity index (χ4n) is 1.99. The quantitative estimate of drug-likeness (QED) is 0.714. The lowest BCUT2D eigenvalue weighted by Gasteiger charge is -2.08. The molecule has 114 valence electrons. The lowest BCUT2D eigenvalue weighted by molar-refractivity contribution is 0.377. The van der Waals surface area contributed by atoms with Gasteiger partial charge in [-0.2, -0.15) is 4.98 Å². The minimum absolute atomic E-state index is 0.0499. The van der Waals surface area contributed by atoms with Crippen molar-refractivity contribution >= 4 is 21.2 Å². The molecule has 22 heavy (non-hydrogen) atoms. The van der Waals surface area contributed by atoms with E-state index in [9.17, 15) is 8.42 Å². The monoisotopic (exact) mass is 334 g/mol. The molecule has 0 N–H and O–H groups in total. The standard InChI is InChI=1S/C15H14N2O3S2/c1-11(22(18,19)10-12-6-3-2-4-7-12)15-16-14(17-20-15)13-8-5-9-21-13/h2-9,11H,10H2,1H3/t11-/m0/s1. The van der Waals surface area contributed by atoms with Gasteiger partial charge in [-0.25, -0.2) is 8.42 Å². The van der Waals surface area contributed by atoms with Crippen molar-refractivity contribution in [2.75, 3.05) is 0 Å². The maximum atomic E-state index is 12.5. The lowest BCUT2D eigenvalue weighted by atomic mass is 10.2. The Labute approximate surface area is 132 Å². The molecule has 2 aromatic heterocycles. The number of thiophene rings is 1. The topological polar surface area (TPSA) is 73.1 Å². The first kappa shape index (κ1) is 14.9. The Balaban J connectivity index is 1.82. The average Bonchev–Trinajstić information content (AvgIpc) is 3.18. The smallest absolute Gasteiger partial charge is 0.245 e. The number of hydrogen-bond donors (Lipinski definition) is 0. The van der Waals surface area contributed by atoms with Crippen LogP contribution in [0, 0.1) is 0 Å². The summed E-state index contributed by atoms with van der Waals surface area (Å²) in [6, 6.07) is 12.8. The Morgan fingerprint density at radius 2 is 1.95 bits per heavy atom. The van der Waals surface area contributed by atoms with Crippen LogP contribution in [-0.4, -0.2) is 18.6 Å². The molecule has 5 nitrogen and oxygen atoms in total. The van der Waals surface area contributed by atoms with Gasteiger partial charge in [0.2, 0.25) is 11.7 Å². The molecule has 1 atom stereocenters. The minimum Gasteiger partial charge on any atom is -0.338 e. The predicted octanol–water partition coefficient (Wildman–Crippen LogP) is 3.47. The Kier molecular flexibility index (Phi) is 4.08. The van der Waals surface area contributed by atoms with Gasteiger partial charge in [-0.15, -0.1) is 11.3 Å². The molecule has 1 aromatic carbocycles. The van der Waals surface area contributed by atoms with Crippen molar-refractivity contribution in [1.82, 2.24) is 10.1 Å². The molecular weight excluding hydrogens is 320 g/mol. The van der Waals surface area contributed by atoms with Gasteiger partial charge >= 0.3 is 0 Å². The van der Waals surface area contributed by atoms with Crippen LogP contribution in [0.25, 0.3) is 10.7 Å². The zero-order valence-corrected chi connectivity index (χ0v) is 13.5. The number of rotatable bonds is 5. The SMILES string of the molecule is C[C@@H](c1nc(-c2cccs2)no1)S(=O)(=O)Cc1ccccc1. The van der Waals surface area contributed by atoms with Crippen molar-refractivity contribution in [3.05, 3.63) is 59.3 Å². The zero-order valence-electron chi connectivity index (χ0n) is 11.8. The molecule has 3 aromatic rings. The highest BCUT2D eigenvalue weighted by molar-refractivity contribution is 7.90. The van der Waals surface area contributed by atoms with Crippen molar-refractivity contribution in [3.63, 3.8) is 0 Å². The van der Waals surface area contributed by atoms with Gasteiger partial charge in [0.15, 0.2) is 9.84 Å². The van der Waals surface area contributed by atoms with Gasteiger partial charge in [0.25, 0.3) is 0 Å². The maximum absolute atomic E-state index is 12.5. The summed E-state index contributed by atoms with van der Waals surface area (Å²) in [4.78, 5) is 5.06. The number of hydrogen-bond acceptors (Lipinski definition) is 6. The van der Waals surface area contributed by atoms with Crippen LogP contribution in [-0.2, 0) is 15.6 Å². The molecule has 0 unspecified atom stereocenters. The number of sulfone groups is 1. The lowest BCUT2D eigenvalue weighted by Crippen LogP contribution is -2.13. The van der Waals surface area contributed by atoms with E-state index in [0.29, 0.717) is 5.82 Å². The van der Waals surface area contributed by atoms with Gasteiger partial charge in [0.1, 0.15) is 5.25 Å². The van der Waals surface area contributed by atoms with Crippen LogP contribution in [0.4, 0.5) is 0 Å². The molecule has 0 radical (unpaired) electrons. The highest BCUT2D eigenvalue weighted by atomic mass is 32.2. The van der Waals surface area contributed by atoms with Gasteiger partial charge in [-0.3, -0.25) is 0 Å². The second kappa shape index (κ2) is 6.02. The first-order chi connectivity index (χ1) is 10.6. The highest BCUT2D eigenvalue weighted by Crippen LogP contribution is 2.27. The molecule has 0 bridgehead atoms. The van der Waals surface area contributed by atoms with Crippen molar-refractivity contribution < 1.29 is 12.9 Å². The Hall–Kier alpha value is -1.99. The summed E-state index contributed by atoms with van der Waals surface area (Å²) in [7, 11) is -3.41. The number of aromatic nitrogens is 2. The fraction of sp³-hybridized carbons (Fsp3) is 0.200. The summed E-state index contributed by atoms with van der Waals surface area (Å²) in [6.45, 7) is 1.57. The maximum Gasteiger partial charge on any atom is 0.245 e. The van der Waals surface area contributed by atoms with Gasteiger partial charge in [-0.05, 0) is 23.9 Å². The molecule has 0 fully saturated rings. The third-order valence-electron chi connectivity index (χ3n) is 3.28. The molecule has 0 saturated heterocycles. The molecule has 2 heterocycles. The van der Waals surface area contributed by atoms with Crippen LogP contribution in [0.2, 0.25) is 0 Å². The van der Waals surface area contributed by atoms with E-state index in [-0.39, 0.29) is 11.6 Å². The molecular formula is C15H14N2O3S2. The van der Waals surface area contributed by atoms with Gasteiger partial charge in [-0.1, -0.05) is 41.6 Å². The van der Waals surface area contributed by atoms with Crippen LogP contribution >= 0.6 is 11.3 Å². The van der Waals surface area contributed by atoms with Crippen molar-refractivity contribution in [2.45, 2.75) is 17.9 Å². The van der Waals surface area contributed by atoms with E-state index in [1.165, 1.54) is 11.3 Å². The van der Waals surface area contributed by atoms with Crippen LogP contribution < -0.4 is 0 Å². The summed E-state index contributed by atoms with van der Waals surface area (Å²) in [5, 5.41) is 4.92. The van der Waals surface area contributed by atoms with E-state index in [1.807, 2.05) is 35.7 Å². The number of nitrogens with zero attached hydrogens (tertiary/aromatic N) is 2. The normalized spacial score (nSPS) is 13.1. The minimum atomic E-state index is -3.41. The molecule has 3 rings (SSSR count). The van der Waals surface area contributed by atoms with Gasteiger partial charge in [0.05, 0.1) is 10.6 Å². The Morgan fingerprint density at radius 3 is 2.64 bits per heavy atom. The number of benzene rings is 1. The van der Waals surface area contributed by atoms with Crippen LogP contribution in [0.15, 0.2) is 52.4 Å². The first-order valence-corrected chi connectivity index (χ1v) is 9.29. The summed E-state index contributed by atoms with van der Waals surface area (Å²) < 4.78 is 30.1. The first-order valence-electron chi connectivity index (χ1n) is 6.69. The third-order valence-corrected chi connectivity index (χ3v) is 6.16. The van der Waals surface area contributed by atoms with E-state index in [2.05, 4.69) is 10.1 Å². The Morgan fingerprint density at radius 1 is 1.18 bits per heavy atom. The molecule has 0 spiro atoms. The second-order valence-corrected chi connectivity index (χ2v) is 8.14. The summed E-state index contributed by atoms with van der Waals surface area (Å²) in [5.41, 5.74) is 0.743. The van der Waals surface area contributed by atoms with E-state index in [4.69, 9.17) is 4.52 Å². The summed E-state index contributed by atoms with van der Waals surface area (Å²) in [6.07, 6.45) is 0. The van der Waals surface area contributed by atoms with Crippen LogP contribution in [0.5, 0.6) is 0 Å². The average molecular weight is 334 g/mol. The van der Waals surface area contributed by atoms with E-state index >= 15 is 0 Å². The molecule has 0 aliphatic carbocycles. The second-order valence-electron chi connectivity index (χ2n) is 4.87. The largest absolute Gasteiger partial charge is 0.338 e. The predicted molar refractivity (Wildman–Crippen MR) is 85.1 cm³/mol. The van der Waals surface area contributed by atoms with Crippen molar-refractivity contribution in [3.8, 4) is 10.7 Å². The zero-order chi connectivity index (χ0) is 15.6. The van der Waals surface area contributed by atoms with E-state index in [1.54, 1.807) is 19.1 Å². The molecule has 7 heteroatoms. The summed E-state index contributed by atoms with van der Waals surface area (Å²) >= 11 is 1.48. The Bertz CT molecular complexity index is 840. The fourth-order valence-corrected chi connectivity index (χ4v) is 3.95. The summed E-state index contributed by atoms with van der Waals surface area (Å²) in [5.74, 6) is 0.497. The van der Waals surface area contributed by atoms with E-state index < -0.39 is 15.1 Å². The molecule has 0 aliphatic rings. The molecule has 0 aliphatic heterocycles.